The maximum atomic E-state index is 9.08. The molecule has 0 fully saturated rings. The predicted octanol–water partition coefficient (Wildman–Crippen LogP) is 9.53. The summed E-state index contributed by atoms with van der Waals surface area (Å²) in [5.74, 6) is 1.14. The van der Waals surface area contributed by atoms with E-state index in [1.165, 1.54) is 113 Å². The number of rotatable bonds is 19. The summed E-state index contributed by atoms with van der Waals surface area (Å²) in [5.41, 5.74) is 0.469. The Labute approximate surface area is 193 Å². The summed E-state index contributed by atoms with van der Waals surface area (Å²) in [4.78, 5) is 0.897. The number of thioether (sulfide) groups is 1. The van der Waals surface area contributed by atoms with Crippen LogP contribution in [0.3, 0.4) is 0 Å². The van der Waals surface area contributed by atoms with Crippen LogP contribution >= 0.6 is 23.1 Å². The summed E-state index contributed by atoms with van der Waals surface area (Å²) < 4.78 is 1.24. The second-order valence-corrected chi connectivity index (χ2v) is 10.5. The first-order valence-electron chi connectivity index (χ1n) is 12.0. The average molecular weight is 445 g/mol. The molecule has 0 amide bonds. The molecule has 0 bridgehead atoms. The first-order valence-corrected chi connectivity index (χ1v) is 13.8. The highest BCUT2D eigenvalue weighted by molar-refractivity contribution is 8.01. The highest BCUT2D eigenvalue weighted by Gasteiger charge is 2.05. The van der Waals surface area contributed by atoms with Gasteiger partial charge in [-0.15, -0.1) is 23.1 Å². The van der Waals surface area contributed by atoms with Gasteiger partial charge in [-0.25, -0.2) is 0 Å². The van der Waals surface area contributed by atoms with Crippen LogP contribution in [0.5, 0.6) is 0 Å². The first kappa shape index (κ1) is 26.8. The van der Waals surface area contributed by atoms with E-state index < -0.39 is 0 Å². The lowest BCUT2D eigenvalue weighted by Crippen LogP contribution is -1.84. The Morgan fingerprint density at radius 2 is 1.30 bits per heavy atom. The van der Waals surface area contributed by atoms with Crippen LogP contribution in [-0.2, 0) is 0 Å². The standard InChI is InChI=1S/C26H40N2S2/c1-2-3-4-5-6-7-8-9-10-11-12-13-14-15-16-17-22-29-26-19-18-25(30-26)24(23-28)20-21-27/h18-20H,2-17,22H2,1H3. The fourth-order valence-corrected chi connectivity index (χ4v) is 5.76. The molecule has 0 radical (unpaired) electrons. The number of hydrogen-bond acceptors (Lipinski definition) is 4. The fraction of sp³-hybridized carbons (Fsp3) is 0.692. The van der Waals surface area contributed by atoms with Crippen molar-refractivity contribution in [2.45, 2.75) is 114 Å². The van der Waals surface area contributed by atoms with Crippen LogP contribution in [0.4, 0.5) is 0 Å². The van der Waals surface area contributed by atoms with Crippen molar-refractivity contribution in [3.63, 3.8) is 0 Å². The summed E-state index contributed by atoms with van der Waals surface area (Å²) in [6.07, 6.45) is 23.8. The Hall–Kier alpha value is -1.23. The maximum absolute atomic E-state index is 9.08. The summed E-state index contributed by atoms with van der Waals surface area (Å²) in [7, 11) is 0. The molecule has 0 aliphatic carbocycles. The average Bonchev–Trinajstić information content (AvgIpc) is 3.23. The first-order chi connectivity index (χ1) is 14.8. The zero-order valence-electron chi connectivity index (χ0n) is 19.0. The smallest absolute Gasteiger partial charge is 0.101 e. The van der Waals surface area contributed by atoms with Gasteiger partial charge in [0.05, 0.1) is 15.9 Å². The lowest BCUT2D eigenvalue weighted by Gasteiger charge is -2.03. The third-order valence-electron chi connectivity index (χ3n) is 5.42. The molecule has 0 saturated heterocycles. The predicted molar refractivity (Wildman–Crippen MR) is 134 cm³/mol. The van der Waals surface area contributed by atoms with E-state index in [-0.39, 0.29) is 0 Å². The highest BCUT2D eigenvalue weighted by atomic mass is 32.2. The zero-order valence-corrected chi connectivity index (χ0v) is 20.6. The number of nitrogens with zero attached hydrogens (tertiary/aromatic N) is 2. The van der Waals surface area contributed by atoms with Crippen molar-refractivity contribution in [2.75, 3.05) is 5.75 Å². The molecule has 0 spiro atoms. The molecule has 4 heteroatoms. The van der Waals surface area contributed by atoms with Crippen LogP contribution in [0.15, 0.2) is 22.4 Å². The summed E-state index contributed by atoms with van der Waals surface area (Å²) in [5, 5.41) is 17.8. The largest absolute Gasteiger partial charge is 0.193 e. The monoisotopic (exact) mass is 444 g/mol. The Morgan fingerprint density at radius 1 is 0.800 bits per heavy atom. The van der Waals surface area contributed by atoms with Crippen LogP contribution in [-0.4, -0.2) is 5.75 Å². The molecule has 0 unspecified atom stereocenters. The van der Waals surface area contributed by atoms with Gasteiger partial charge >= 0.3 is 0 Å². The van der Waals surface area contributed by atoms with Crippen LogP contribution in [0.1, 0.15) is 115 Å². The van der Waals surface area contributed by atoms with Gasteiger partial charge in [-0.1, -0.05) is 103 Å². The van der Waals surface area contributed by atoms with E-state index >= 15 is 0 Å². The molecular formula is C26H40N2S2. The van der Waals surface area contributed by atoms with Crippen molar-refractivity contribution < 1.29 is 0 Å². The lowest BCUT2D eigenvalue weighted by molar-refractivity contribution is 0.532. The molecule has 1 heterocycles. The Morgan fingerprint density at radius 3 is 1.77 bits per heavy atom. The SMILES string of the molecule is CCCCCCCCCCCCCCCCCCSc1ccc(C(C#N)=CC#N)s1. The van der Waals surface area contributed by atoms with Crippen molar-refractivity contribution >= 4 is 28.7 Å². The van der Waals surface area contributed by atoms with E-state index in [9.17, 15) is 0 Å². The molecule has 166 valence electrons. The second-order valence-electron chi connectivity index (χ2n) is 8.07. The second kappa shape index (κ2) is 19.7. The van der Waals surface area contributed by atoms with Gasteiger partial charge < -0.3 is 0 Å². The molecule has 1 aromatic rings. The number of allylic oxidation sites excluding steroid dienone is 2. The fourth-order valence-electron chi connectivity index (χ4n) is 3.59. The molecule has 0 N–H and O–H groups in total. The van der Waals surface area contributed by atoms with Crippen molar-refractivity contribution in [1.82, 2.24) is 0 Å². The van der Waals surface area contributed by atoms with Gasteiger partial charge in [-0.2, -0.15) is 10.5 Å². The quantitative estimate of drug-likeness (QED) is 0.121. The normalized spacial score (nSPS) is 11.4. The summed E-state index contributed by atoms with van der Waals surface area (Å²) in [6.45, 7) is 2.28. The van der Waals surface area contributed by atoms with Gasteiger partial charge in [0.1, 0.15) is 6.07 Å². The summed E-state index contributed by atoms with van der Waals surface area (Å²) in [6, 6.07) is 8.06. The molecule has 2 nitrogen and oxygen atoms in total. The molecule has 1 rings (SSSR count). The Bertz CT molecular complexity index is 649. The minimum atomic E-state index is 0.469. The molecule has 1 aromatic heterocycles. The molecule has 0 saturated carbocycles. The Balaban J connectivity index is 1.87. The topological polar surface area (TPSA) is 47.6 Å². The highest BCUT2D eigenvalue weighted by Crippen LogP contribution is 2.31. The van der Waals surface area contributed by atoms with E-state index in [0.717, 1.165) is 10.6 Å². The zero-order chi connectivity index (χ0) is 21.7. The van der Waals surface area contributed by atoms with Crippen molar-refractivity contribution in [3.05, 3.63) is 23.1 Å². The van der Waals surface area contributed by atoms with Crippen molar-refractivity contribution in [3.8, 4) is 12.1 Å². The van der Waals surface area contributed by atoms with Gasteiger partial charge in [-0.05, 0) is 24.3 Å². The minimum absolute atomic E-state index is 0.469. The van der Waals surface area contributed by atoms with E-state index in [2.05, 4.69) is 19.1 Å². The molecule has 0 atom stereocenters. The van der Waals surface area contributed by atoms with Crippen LogP contribution in [0.25, 0.3) is 5.57 Å². The van der Waals surface area contributed by atoms with E-state index in [1.807, 2.05) is 23.9 Å². The lowest BCUT2D eigenvalue weighted by atomic mass is 10.0. The van der Waals surface area contributed by atoms with Gasteiger partial charge in [0.25, 0.3) is 0 Å². The molecule has 0 aliphatic rings. The number of thiophene rings is 1. The van der Waals surface area contributed by atoms with Crippen LogP contribution < -0.4 is 0 Å². The van der Waals surface area contributed by atoms with E-state index in [1.54, 1.807) is 11.3 Å². The van der Waals surface area contributed by atoms with Crippen LogP contribution in [0, 0.1) is 22.7 Å². The van der Waals surface area contributed by atoms with Gasteiger partial charge in [0, 0.05) is 11.0 Å². The molecular weight excluding hydrogens is 404 g/mol. The Kier molecular flexibility index (Phi) is 17.6. The third-order valence-corrected chi connectivity index (χ3v) is 7.85. The number of hydrogen-bond donors (Lipinski definition) is 0. The van der Waals surface area contributed by atoms with Crippen molar-refractivity contribution in [2.24, 2.45) is 0 Å². The van der Waals surface area contributed by atoms with Crippen LogP contribution in [0.2, 0.25) is 0 Å². The van der Waals surface area contributed by atoms with Gasteiger partial charge in [0.2, 0.25) is 0 Å². The van der Waals surface area contributed by atoms with Crippen molar-refractivity contribution in [1.29, 1.82) is 10.5 Å². The van der Waals surface area contributed by atoms with E-state index in [4.69, 9.17) is 10.5 Å². The van der Waals surface area contributed by atoms with Gasteiger partial charge in [-0.3, -0.25) is 0 Å². The van der Waals surface area contributed by atoms with E-state index in [0.29, 0.717) is 5.57 Å². The molecule has 0 aliphatic heterocycles. The maximum Gasteiger partial charge on any atom is 0.101 e. The molecule has 0 aromatic carbocycles. The number of unbranched alkanes of at least 4 members (excludes halogenated alkanes) is 15. The summed E-state index contributed by atoms with van der Waals surface area (Å²) >= 11 is 3.49. The van der Waals surface area contributed by atoms with Gasteiger partial charge in [0.15, 0.2) is 0 Å². The minimum Gasteiger partial charge on any atom is -0.193 e. The number of nitriles is 2. The third kappa shape index (κ3) is 13.9. The molecule has 30 heavy (non-hydrogen) atoms.